The van der Waals surface area contributed by atoms with E-state index in [0.29, 0.717) is 0 Å². The van der Waals surface area contributed by atoms with E-state index in [2.05, 4.69) is 46.3 Å². The zero-order valence-corrected chi connectivity index (χ0v) is 25.1. The number of benzene rings is 2. The lowest BCUT2D eigenvalue weighted by Gasteiger charge is -2.43. The molecule has 1 amide bonds. The van der Waals surface area contributed by atoms with Crippen LogP contribution in [0.5, 0.6) is 0 Å². The summed E-state index contributed by atoms with van der Waals surface area (Å²) in [5, 5.41) is 10.8. The van der Waals surface area contributed by atoms with Gasteiger partial charge in [0.05, 0.1) is 11.0 Å². The van der Waals surface area contributed by atoms with Crippen molar-refractivity contribution < 1.29 is 22.7 Å². The van der Waals surface area contributed by atoms with Crippen molar-refractivity contribution in [2.24, 2.45) is 5.92 Å². The minimum atomic E-state index is -4.08. The molecule has 3 atom stereocenters. The minimum absolute atomic E-state index is 0.0159. The topological polar surface area (TPSA) is 92.7 Å². The van der Waals surface area contributed by atoms with Gasteiger partial charge in [0.2, 0.25) is 8.32 Å². The van der Waals surface area contributed by atoms with E-state index in [0.717, 1.165) is 11.1 Å². The molecule has 0 unspecified atom stereocenters. The average Bonchev–Trinajstić information content (AvgIpc) is 2.83. The first kappa shape index (κ1) is 31.0. The molecule has 0 heterocycles. The fourth-order valence-corrected chi connectivity index (χ4v) is 11.5. The molecule has 0 aromatic heterocycles. The number of aliphatic hydroxyl groups is 1. The predicted octanol–water partition coefficient (Wildman–Crippen LogP) is 6.29. The van der Waals surface area contributed by atoms with E-state index in [1.165, 1.54) is 12.1 Å². The molecule has 0 fully saturated rings. The molecule has 2 rings (SSSR count). The van der Waals surface area contributed by atoms with Crippen molar-refractivity contribution in [3.63, 3.8) is 0 Å². The van der Waals surface area contributed by atoms with Gasteiger partial charge in [0.15, 0.2) is 0 Å². The Morgan fingerprint density at radius 3 is 1.86 bits per heavy atom. The minimum Gasteiger partial charge on any atom is -0.401 e. The molecular formula is C29H43NO5SSi. The van der Waals surface area contributed by atoms with Gasteiger partial charge in [-0.15, -0.1) is 0 Å². The van der Waals surface area contributed by atoms with Crippen molar-refractivity contribution in [1.82, 2.24) is 4.72 Å². The fourth-order valence-electron chi connectivity index (χ4n) is 5.11. The average molecular weight is 546 g/mol. The Hall–Kier alpha value is -2.26. The Kier molecular flexibility index (Phi) is 10.9. The highest BCUT2D eigenvalue weighted by atomic mass is 32.2. The third kappa shape index (κ3) is 7.63. The van der Waals surface area contributed by atoms with E-state index < -0.39 is 36.5 Å². The van der Waals surface area contributed by atoms with Crippen molar-refractivity contribution in [3.05, 3.63) is 77.9 Å². The Balaban J connectivity index is 2.43. The third-order valence-electron chi connectivity index (χ3n) is 7.09. The third-order valence-corrected chi connectivity index (χ3v) is 14.5. The van der Waals surface area contributed by atoms with Crippen LogP contribution < -0.4 is 4.72 Å². The number of aliphatic hydroxyl groups excluding tert-OH is 1. The van der Waals surface area contributed by atoms with Gasteiger partial charge in [-0.1, -0.05) is 109 Å². The summed E-state index contributed by atoms with van der Waals surface area (Å²) in [6, 6.07) is 15.6. The predicted molar refractivity (Wildman–Crippen MR) is 152 cm³/mol. The Labute approximate surface area is 224 Å². The summed E-state index contributed by atoms with van der Waals surface area (Å²) < 4.78 is 35.0. The van der Waals surface area contributed by atoms with Crippen molar-refractivity contribution in [1.29, 1.82) is 0 Å². The van der Waals surface area contributed by atoms with Crippen LogP contribution in [0.3, 0.4) is 0 Å². The van der Waals surface area contributed by atoms with Crippen molar-refractivity contribution in [2.45, 2.75) is 89.1 Å². The van der Waals surface area contributed by atoms with Gasteiger partial charge >= 0.3 is 0 Å². The van der Waals surface area contributed by atoms with E-state index in [9.17, 15) is 18.3 Å². The van der Waals surface area contributed by atoms with E-state index in [1.54, 1.807) is 24.3 Å². The maximum absolute atomic E-state index is 13.5. The van der Waals surface area contributed by atoms with Crippen LogP contribution in [0, 0.1) is 12.8 Å². The van der Waals surface area contributed by atoms with Gasteiger partial charge in [0.25, 0.3) is 15.9 Å². The molecule has 0 bridgehead atoms. The van der Waals surface area contributed by atoms with E-state index in [-0.39, 0.29) is 27.4 Å². The standard InChI is InChI=1S/C29H43NO5SSi/c1-20(2)37(21(3)4,22(5)6)35-27(19-16-24(8)28(31)25-12-10-9-11-13-25)29(32)30-36(33,34)26-17-14-23(7)15-18-26/h9-22,24,27-28,31H,1-8H3,(H,30,32)/b19-16-/t24-,27-,28-/m1/s1. The smallest absolute Gasteiger partial charge is 0.265 e. The quantitative estimate of drug-likeness (QED) is 0.242. The van der Waals surface area contributed by atoms with E-state index in [4.69, 9.17) is 4.43 Å². The summed E-state index contributed by atoms with van der Waals surface area (Å²) in [6.07, 6.45) is 1.44. The lowest BCUT2D eigenvalue weighted by molar-refractivity contribution is -0.124. The molecule has 0 radical (unpaired) electrons. The molecule has 0 aliphatic carbocycles. The van der Waals surface area contributed by atoms with Crippen LogP contribution in [-0.2, 0) is 19.2 Å². The normalized spacial score (nSPS) is 15.4. The summed E-state index contributed by atoms with van der Waals surface area (Å²) in [5.41, 5.74) is 2.26. The molecule has 0 aliphatic rings. The highest BCUT2D eigenvalue weighted by Gasteiger charge is 2.47. The van der Waals surface area contributed by atoms with Gasteiger partial charge in [-0.25, -0.2) is 13.1 Å². The monoisotopic (exact) mass is 545 g/mol. The van der Waals surface area contributed by atoms with Crippen molar-refractivity contribution in [3.8, 4) is 0 Å². The van der Waals surface area contributed by atoms with Gasteiger partial charge in [-0.3, -0.25) is 4.79 Å². The summed E-state index contributed by atoms with van der Waals surface area (Å²) in [5.74, 6) is -1.07. The SMILES string of the molecule is Cc1ccc(S(=O)(=O)NC(=O)[C@@H](/C=C\[C@@H](C)[C@@H](O)c2ccccc2)O[Si](C(C)C)(C(C)C)C(C)C)cc1. The van der Waals surface area contributed by atoms with Crippen LogP contribution in [0.4, 0.5) is 0 Å². The first-order valence-corrected chi connectivity index (χ1v) is 16.6. The number of carbonyl (C=O) groups excluding carboxylic acids is 1. The number of hydrogen-bond acceptors (Lipinski definition) is 5. The van der Waals surface area contributed by atoms with Gasteiger partial charge in [0.1, 0.15) is 6.10 Å². The first-order valence-electron chi connectivity index (χ1n) is 12.9. The number of sulfonamides is 1. The zero-order valence-electron chi connectivity index (χ0n) is 23.3. The molecular weight excluding hydrogens is 502 g/mol. The molecule has 8 heteroatoms. The molecule has 0 spiro atoms. The van der Waals surface area contributed by atoms with Crippen molar-refractivity contribution >= 4 is 24.2 Å². The number of aryl methyl sites for hydroxylation is 1. The lowest BCUT2D eigenvalue weighted by atomic mass is 9.96. The summed E-state index contributed by atoms with van der Waals surface area (Å²) in [4.78, 5) is 13.5. The van der Waals surface area contributed by atoms with Crippen LogP contribution >= 0.6 is 0 Å². The highest BCUT2D eigenvalue weighted by Crippen LogP contribution is 2.43. The molecule has 2 aromatic carbocycles. The summed E-state index contributed by atoms with van der Waals surface area (Å²) in [6.45, 7) is 16.4. The molecule has 37 heavy (non-hydrogen) atoms. The molecule has 6 nitrogen and oxygen atoms in total. The molecule has 0 aliphatic heterocycles. The highest BCUT2D eigenvalue weighted by molar-refractivity contribution is 7.90. The van der Waals surface area contributed by atoms with Crippen LogP contribution in [0.1, 0.15) is 65.7 Å². The Bertz CT molecular complexity index is 1120. The molecule has 2 aromatic rings. The zero-order chi connectivity index (χ0) is 28.0. The van der Waals surface area contributed by atoms with Crippen molar-refractivity contribution in [2.75, 3.05) is 0 Å². The van der Waals surface area contributed by atoms with E-state index >= 15 is 0 Å². The largest absolute Gasteiger partial charge is 0.401 e. The Morgan fingerprint density at radius 2 is 1.38 bits per heavy atom. The number of amides is 1. The number of nitrogens with one attached hydrogen (secondary N) is 1. The van der Waals surface area contributed by atoms with Gasteiger partial charge in [-0.05, 0) is 41.2 Å². The van der Waals surface area contributed by atoms with Gasteiger partial charge < -0.3 is 9.53 Å². The summed E-state index contributed by atoms with van der Waals surface area (Å²) >= 11 is 0. The lowest BCUT2D eigenvalue weighted by Crippen LogP contribution is -2.53. The van der Waals surface area contributed by atoms with Crippen LogP contribution in [0.2, 0.25) is 16.6 Å². The molecule has 0 saturated carbocycles. The second-order valence-electron chi connectivity index (χ2n) is 10.7. The van der Waals surface area contributed by atoms with Gasteiger partial charge in [-0.2, -0.15) is 0 Å². The van der Waals surface area contributed by atoms with Crippen LogP contribution in [0.25, 0.3) is 0 Å². The van der Waals surface area contributed by atoms with Crippen LogP contribution in [0.15, 0.2) is 71.6 Å². The fraction of sp³-hybridized carbons (Fsp3) is 0.483. The maximum atomic E-state index is 13.5. The second kappa shape index (κ2) is 13.0. The van der Waals surface area contributed by atoms with Crippen LogP contribution in [-0.4, -0.2) is 33.9 Å². The summed E-state index contributed by atoms with van der Waals surface area (Å²) in [7, 11) is -6.63. The molecule has 0 saturated heterocycles. The molecule has 2 N–H and O–H groups in total. The van der Waals surface area contributed by atoms with E-state index in [1.807, 2.05) is 44.2 Å². The first-order chi connectivity index (χ1) is 17.2. The number of hydrogen-bond donors (Lipinski definition) is 2. The number of rotatable bonds is 12. The second-order valence-corrected chi connectivity index (χ2v) is 17.8. The molecule has 204 valence electrons. The number of carbonyl (C=O) groups is 1. The van der Waals surface area contributed by atoms with Gasteiger partial charge in [0, 0.05) is 5.92 Å². The Morgan fingerprint density at radius 1 is 0.865 bits per heavy atom. The maximum Gasteiger partial charge on any atom is 0.265 e.